The number of nitrogens with zero attached hydrogens (tertiary/aromatic N) is 1. The molecule has 0 unspecified atom stereocenters. The van der Waals surface area contributed by atoms with Gasteiger partial charge >= 0.3 is 0 Å². The fourth-order valence-corrected chi connectivity index (χ4v) is 4.37. The Kier molecular flexibility index (Phi) is 4.61. The molecule has 1 aromatic heterocycles. The van der Waals surface area contributed by atoms with E-state index in [1.807, 2.05) is 24.6 Å². The molecule has 20 heavy (non-hydrogen) atoms. The van der Waals surface area contributed by atoms with E-state index in [2.05, 4.69) is 16.0 Å². The number of fused-ring (bicyclic) bond motifs is 1. The van der Waals surface area contributed by atoms with Gasteiger partial charge in [-0.2, -0.15) is 0 Å². The highest BCUT2D eigenvalue weighted by Gasteiger charge is 2.35. The van der Waals surface area contributed by atoms with Crippen molar-refractivity contribution in [2.45, 2.75) is 22.7 Å². The van der Waals surface area contributed by atoms with Crippen LogP contribution in [0, 0.1) is 0 Å². The molecular weight excluding hydrogens is 312 g/mol. The van der Waals surface area contributed by atoms with E-state index in [-0.39, 0.29) is 6.10 Å². The van der Waals surface area contributed by atoms with Crippen LogP contribution in [0.25, 0.3) is 0 Å². The molecule has 0 bridgehead atoms. The molecule has 1 aliphatic heterocycles. The molecule has 0 spiro atoms. The van der Waals surface area contributed by atoms with Crippen molar-refractivity contribution in [3.8, 4) is 0 Å². The number of thioether (sulfide) groups is 2. The fourth-order valence-electron chi connectivity index (χ4n) is 2.37. The first kappa shape index (κ1) is 14.3. The van der Waals surface area contributed by atoms with Crippen LogP contribution in [-0.2, 0) is 11.2 Å². The summed E-state index contributed by atoms with van der Waals surface area (Å²) in [5, 5.41) is 1.12. The van der Waals surface area contributed by atoms with Gasteiger partial charge in [-0.25, -0.2) is 4.98 Å². The number of hydrogen-bond acceptors (Lipinski definition) is 4. The molecule has 0 saturated carbocycles. The van der Waals surface area contributed by atoms with Gasteiger partial charge < -0.3 is 9.72 Å². The molecule has 1 aromatic carbocycles. The van der Waals surface area contributed by atoms with Crippen LogP contribution in [0.2, 0.25) is 5.02 Å². The lowest BCUT2D eigenvalue weighted by molar-refractivity contribution is 0.0896. The molecule has 0 radical (unpaired) electrons. The number of ether oxygens (including phenoxy) is 1. The number of hydrogen-bond donors (Lipinski definition) is 1. The second-order valence-corrected chi connectivity index (χ2v) is 7.02. The summed E-state index contributed by atoms with van der Waals surface area (Å²) in [7, 11) is 0. The van der Waals surface area contributed by atoms with Gasteiger partial charge in [0.1, 0.15) is 5.82 Å². The van der Waals surface area contributed by atoms with Gasteiger partial charge in [-0.3, -0.25) is 0 Å². The molecule has 0 fully saturated rings. The highest BCUT2D eigenvalue weighted by Crippen LogP contribution is 2.50. The SMILES string of the molecule is CSCO[C@H]1c2cccc(Cl)c2S[C@H]1Cc1ncc[nH]1. The van der Waals surface area contributed by atoms with Crippen LogP contribution in [0.3, 0.4) is 0 Å². The van der Waals surface area contributed by atoms with E-state index < -0.39 is 0 Å². The molecule has 106 valence electrons. The lowest BCUT2D eigenvalue weighted by Gasteiger charge is -2.19. The first-order valence-electron chi connectivity index (χ1n) is 6.33. The number of H-pyrrole nitrogens is 1. The smallest absolute Gasteiger partial charge is 0.107 e. The largest absolute Gasteiger partial charge is 0.362 e. The summed E-state index contributed by atoms with van der Waals surface area (Å²) in [6, 6.07) is 6.04. The van der Waals surface area contributed by atoms with Crippen molar-refractivity contribution < 1.29 is 4.74 Å². The lowest BCUT2D eigenvalue weighted by Crippen LogP contribution is -2.17. The van der Waals surface area contributed by atoms with E-state index in [1.54, 1.807) is 29.7 Å². The van der Waals surface area contributed by atoms with E-state index in [0.717, 1.165) is 22.2 Å². The molecule has 2 aromatic rings. The van der Waals surface area contributed by atoms with E-state index in [4.69, 9.17) is 16.3 Å². The predicted octanol–water partition coefficient (Wildman–Crippen LogP) is 4.16. The first-order chi connectivity index (χ1) is 9.79. The fraction of sp³-hybridized carbons (Fsp3) is 0.357. The van der Waals surface area contributed by atoms with Crippen LogP contribution in [-0.4, -0.2) is 27.4 Å². The number of aromatic nitrogens is 2. The number of imidazole rings is 1. The summed E-state index contributed by atoms with van der Waals surface area (Å²) >= 11 is 9.79. The Labute approximate surface area is 131 Å². The third-order valence-corrected chi connectivity index (χ3v) is 5.43. The van der Waals surface area contributed by atoms with Gasteiger partial charge in [0.15, 0.2) is 0 Å². The Balaban J connectivity index is 1.85. The summed E-state index contributed by atoms with van der Waals surface area (Å²) in [5.74, 6) is 1.68. The average molecular weight is 327 g/mol. The average Bonchev–Trinajstić information content (AvgIpc) is 3.06. The quantitative estimate of drug-likeness (QED) is 0.837. The molecule has 0 saturated heterocycles. The van der Waals surface area contributed by atoms with Gasteiger partial charge in [-0.1, -0.05) is 23.7 Å². The van der Waals surface area contributed by atoms with Gasteiger partial charge in [-0.05, 0) is 17.9 Å². The zero-order chi connectivity index (χ0) is 13.9. The molecule has 1 N–H and O–H groups in total. The van der Waals surface area contributed by atoms with E-state index >= 15 is 0 Å². The van der Waals surface area contributed by atoms with Crippen LogP contribution < -0.4 is 0 Å². The Bertz CT molecular complexity index is 577. The van der Waals surface area contributed by atoms with Crippen LogP contribution in [0.15, 0.2) is 35.5 Å². The van der Waals surface area contributed by atoms with Gasteiger partial charge in [0.25, 0.3) is 0 Å². The molecule has 0 amide bonds. The van der Waals surface area contributed by atoms with Crippen molar-refractivity contribution in [3.63, 3.8) is 0 Å². The monoisotopic (exact) mass is 326 g/mol. The maximum atomic E-state index is 6.31. The Morgan fingerprint density at radius 1 is 1.50 bits per heavy atom. The van der Waals surface area contributed by atoms with Crippen molar-refractivity contribution in [1.82, 2.24) is 9.97 Å². The molecule has 1 aliphatic rings. The van der Waals surface area contributed by atoms with Gasteiger partial charge in [0.2, 0.25) is 0 Å². The molecule has 2 atom stereocenters. The Morgan fingerprint density at radius 2 is 2.40 bits per heavy atom. The highest BCUT2D eigenvalue weighted by atomic mass is 35.5. The standard InChI is InChI=1S/C14H15ClN2OS2/c1-19-8-18-13-9-3-2-4-10(15)14(9)20-11(13)7-12-16-5-6-17-12/h2-6,11,13H,7-8H2,1H3,(H,16,17)/t11-,13-/m0/s1. The molecule has 2 heterocycles. The van der Waals surface area contributed by atoms with Crippen LogP contribution in [0.1, 0.15) is 17.5 Å². The maximum Gasteiger partial charge on any atom is 0.107 e. The summed E-state index contributed by atoms with van der Waals surface area (Å²) in [5.41, 5.74) is 1.20. The number of aromatic amines is 1. The topological polar surface area (TPSA) is 37.9 Å². The maximum absolute atomic E-state index is 6.31. The van der Waals surface area contributed by atoms with Crippen molar-refractivity contribution in [3.05, 3.63) is 47.0 Å². The second-order valence-electron chi connectivity index (χ2n) is 4.55. The minimum atomic E-state index is 0.0752. The number of nitrogens with one attached hydrogen (secondary N) is 1. The molecule has 0 aliphatic carbocycles. The normalized spacial score (nSPS) is 21.1. The van der Waals surface area contributed by atoms with Gasteiger partial charge in [0.05, 0.1) is 17.1 Å². The van der Waals surface area contributed by atoms with Crippen LogP contribution >= 0.6 is 35.1 Å². The molecule has 3 rings (SSSR count). The second kappa shape index (κ2) is 6.43. The van der Waals surface area contributed by atoms with Crippen molar-refractivity contribution >= 4 is 35.1 Å². The number of halogens is 1. The third kappa shape index (κ3) is 2.86. The van der Waals surface area contributed by atoms with Crippen molar-refractivity contribution in [2.75, 3.05) is 12.2 Å². The molecule has 3 nitrogen and oxygen atoms in total. The van der Waals surface area contributed by atoms with Crippen molar-refractivity contribution in [2.24, 2.45) is 0 Å². The number of rotatable bonds is 5. The lowest BCUT2D eigenvalue weighted by atomic mass is 10.0. The van der Waals surface area contributed by atoms with E-state index in [1.165, 1.54) is 5.56 Å². The minimum absolute atomic E-state index is 0.0752. The Hall–Kier alpha value is -0.620. The summed E-state index contributed by atoms with van der Waals surface area (Å²) in [6.07, 6.45) is 6.61. The minimum Gasteiger partial charge on any atom is -0.362 e. The van der Waals surface area contributed by atoms with Crippen molar-refractivity contribution in [1.29, 1.82) is 0 Å². The zero-order valence-corrected chi connectivity index (χ0v) is 13.4. The van der Waals surface area contributed by atoms with Crippen LogP contribution in [0.4, 0.5) is 0 Å². The zero-order valence-electron chi connectivity index (χ0n) is 11.0. The Morgan fingerprint density at radius 3 is 3.15 bits per heavy atom. The summed E-state index contributed by atoms with van der Waals surface area (Å²) in [6.45, 7) is 0. The predicted molar refractivity (Wildman–Crippen MR) is 85.6 cm³/mol. The molecular formula is C14H15ClN2OS2. The number of benzene rings is 1. The first-order valence-corrected chi connectivity index (χ1v) is 8.98. The highest BCUT2D eigenvalue weighted by molar-refractivity contribution is 8.00. The summed E-state index contributed by atoms with van der Waals surface area (Å²) in [4.78, 5) is 8.63. The molecule has 6 heteroatoms. The van der Waals surface area contributed by atoms with E-state index in [9.17, 15) is 0 Å². The third-order valence-electron chi connectivity index (χ3n) is 3.23. The van der Waals surface area contributed by atoms with Gasteiger partial charge in [0, 0.05) is 29.0 Å². The van der Waals surface area contributed by atoms with Crippen LogP contribution in [0.5, 0.6) is 0 Å². The summed E-state index contributed by atoms with van der Waals surface area (Å²) < 4.78 is 6.04. The van der Waals surface area contributed by atoms with Gasteiger partial charge in [-0.15, -0.1) is 23.5 Å². The van der Waals surface area contributed by atoms with E-state index in [0.29, 0.717) is 11.2 Å².